The molecule has 1 unspecified atom stereocenters. The predicted octanol–water partition coefficient (Wildman–Crippen LogP) is 2.05. The Morgan fingerprint density at radius 1 is 1.21 bits per heavy atom. The minimum absolute atomic E-state index is 0.197. The van der Waals surface area contributed by atoms with E-state index in [4.69, 9.17) is 4.74 Å². The van der Waals surface area contributed by atoms with Crippen molar-refractivity contribution in [2.45, 2.75) is 19.4 Å². The van der Waals surface area contributed by atoms with Crippen LogP contribution in [-0.2, 0) is 11.2 Å². The number of aryl methyl sites for hydroxylation is 1. The molecule has 9 nitrogen and oxygen atoms in total. The first-order valence-electron chi connectivity index (χ1n) is 9.35. The molecule has 0 saturated carbocycles. The molecule has 1 N–H and O–H groups in total. The average molecular weight is 376 g/mol. The third-order valence-corrected chi connectivity index (χ3v) is 4.86. The van der Waals surface area contributed by atoms with Gasteiger partial charge in [-0.05, 0) is 0 Å². The zero-order valence-electron chi connectivity index (χ0n) is 15.5. The number of hydrogen-bond acceptors (Lipinski definition) is 7. The highest BCUT2D eigenvalue weighted by Crippen LogP contribution is 2.27. The summed E-state index contributed by atoms with van der Waals surface area (Å²) < 4.78 is 7.70. The predicted molar refractivity (Wildman–Crippen MR) is 103 cm³/mol. The Balaban J connectivity index is 1.52. The van der Waals surface area contributed by atoms with E-state index in [0.717, 1.165) is 35.9 Å². The minimum atomic E-state index is -0.197. The molecule has 1 aliphatic rings. The summed E-state index contributed by atoms with van der Waals surface area (Å²) >= 11 is 0. The van der Waals surface area contributed by atoms with Crippen molar-refractivity contribution in [3.05, 3.63) is 54.4 Å². The average Bonchev–Trinajstić information content (AvgIpc) is 3.43. The molecule has 0 amide bonds. The fourth-order valence-electron chi connectivity index (χ4n) is 3.40. The lowest BCUT2D eigenvalue weighted by Gasteiger charge is -2.33. The zero-order chi connectivity index (χ0) is 18.9. The molecule has 1 aromatic carbocycles. The fraction of sp³-hybridized carbons (Fsp3) is 0.316. The summed E-state index contributed by atoms with van der Waals surface area (Å²) in [6.07, 6.45) is 2.15. The van der Waals surface area contributed by atoms with Gasteiger partial charge >= 0.3 is 0 Å². The standard InChI is InChI=1S/C19H20N8O/c1-2-16-23-18(25-24-16)15-11-26(8-9-28-15)17-10-14(13-6-4-3-5-7-13)22-19-20-12-21-27(17)19/h3-7,10,12,15H,2,8-9,11H2,1H3,(H,23,24,25). The number of hydrogen-bond donors (Lipinski definition) is 1. The Bertz CT molecular complexity index is 1090. The van der Waals surface area contributed by atoms with E-state index in [1.807, 2.05) is 37.3 Å². The topological polar surface area (TPSA) is 97.1 Å². The molecule has 4 heterocycles. The van der Waals surface area contributed by atoms with E-state index >= 15 is 0 Å². The van der Waals surface area contributed by atoms with Crippen LogP contribution in [0.1, 0.15) is 24.7 Å². The summed E-state index contributed by atoms with van der Waals surface area (Å²) in [7, 11) is 0. The number of benzene rings is 1. The first kappa shape index (κ1) is 16.8. The Morgan fingerprint density at radius 2 is 2.11 bits per heavy atom. The largest absolute Gasteiger partial charge is 0.366 e. The van der Waals surface area contributed by atoms with E-state index in [9.17, 15) is 0 Å². The van der Waals surface area contributed by atoms with Crippen molar-refractivity contribution in [1.29, 1.82) is 0 Å². The lowest BCUT2D eigenvalue weighted by Crippen LogP contribution is -2.40. The molecule has 9 heteroatoms. The molecule has 0 radical (unpaired) electrons. The highest BCUT2D eigenvalue weighted by Gasteiger charge is 2.27. The number of ether oxygens (including phenoxy) is 1. The van der Waals surface area contributed by atoms with Crippen LogP contribution in [0.5, 0.6) is 0 Å². The number of nitrogens with zero attached hydrogens (tertiary/aromatic N) is 7. The second-order valence-electron chi connectivity index (χ2n) is 6.64. The van der Waals surface area contributed by atoms with Crippen molar-refractivity contribution in [1.82, 2.24) is 34.8 Å². The highest BCUT2D eigenvalue weighted by atomic mass is 16.5. The van der Waals surface area contributed by atoms with Gasteiger partial charge in [0.2, 0.25) is 0 Å². The van der Waals surface area contributed by atoms with Gasteiger partial charge in [-0.15, -0.1) is 0 Å². The van der Waals surface area contributed by atoms with Crippen LogP contribution in [-0.4, -0.2) is 54.5 Å². The van der Waals surface area contributed by atoms with Crippen molar-refractivity contribution < 1.29 is 4.74 Å². The molecule has 1 aliphatic heterocycles. The summed E-state index contributed by atoms with van der Waals surface area (Å²) in [5.74, 6) is 3.06. The van der Waals surface area contributed by atoms with Gasteiger partial charge in [-0.1, -0.05) is 37.3 Å². The summed E-state index contributed by atoms with van der Waals surface area (Å²) in [6, 6.07) is 12.1. The van der Waals surface area contributed by atoms with Gasteiger partial charge in [0.25, 0.3) is 5.78 Å². The quantitative estimate of drug-likeness (QED) is 0.582. The first-order chi connectivity index (χ1) is 13.8. The molecule has 4 aromatic rings. The molecular weight excluding hydrogens is 356 g/mol. The van der Waals surface area contributed by atoms with Crippen LogP contribution in [0.3, 0.4) is 0 Å². The van der Waals surface area contributed by atoms with Crippen LogP contribution in [0, 0.1) is 0 Å². The lowest BCUT2D eigenvalue weighted by molar-refractivity contribution is 0.0338. The number of morpholine rings is 1. The van der Waals surface area contributed by atoms with Crippen molar-refractivity contribution in [3.8, 4) is 11.3 Å². The van der Waals surface area contributed by atoms with Crippen LogP contribution in [0.25, 0.3) is 17.0 Å². The van der Waals surface area contributed by atoms with Gasteiger partial charge < -0.3 is 9.64 Å². The Kier molecular flexibility index (Phi) is 4.21. The number of rotatable bonds is 4. The number of fused-ring (bicyclic) bond motifs is 1. The van der Waals surface area contributed by atoms with E-state index in [1.165, 1.54) is 6.33 Å². The van der Waals surface area contributed by atoms with Crippen molar-refractivity contribution in [3.63, 3.8) is 0 Å². The molecule has 1 saturated heterocycles. The summed E-state index contributed by atoms with van der Waals surface area (Å²) in [4.78, 5) is 15.7. The van der Waals surface area contributed by atoms with Gasteiger partial charge in [0.05, 0.1) is 18.8 Å². The van der Waals surface area contributed by atoms with E-state index in [1.54, 1.807) is 4.52 Å². The Labute approximate surface area is 161 Å². The fourth-order valence-corrected chi connectivity index (χ4v) is 3.40. The Morgan fingerprint density at radius 3 is 2.93 bits per heavy atom. The number of aromatic amines is 1. The van der Waals surface area contributed by atoms with Crippen LogP contribution < -0.4 is 4.90 Å². The summed E-state index contributed by atoms with van der Waals surface area (Å²) in [6.45, 7) is 4.00. The van der Waals surface area contributed by atoms with E-state index in [-0.39, 0.29) is 6.10 Å². The summed E-state index contributed by atoms with van der Waals surface area (Å²) in [5, 5.41) is 11.7. The van der Waals surface area contributed by atoms with Gasteiger partial charge in [0, 0.05) is 24.6 Å². The maximum absolute atomic E-state index is 5.93. The van der Waals surface area contributed by atoms with Gasteiger partial charge in [-0.2, -0.15) is 19.7 Å². The normalized spacial score (nSPS) is 17.3. The van der Waals surface area contributed by atoms with E-state index in [2.05, 4.69) is 41.2 Å². The molecule has 1 atom stereocenters. The third kappa shape index (κ3) is 2.99. The van der Waals surface area contributed by atoms with Gasteiger partial charge in [-0.3, -0.25) is 5.10 Å². The maximum atomic E-state index is 5.93. The van der Waals surface area contributed by atoms with E-state index in [0.29, 0.717) is 24.8 Å². The van der Waals surface area contributed by atoms with Gasteiger partial charge in [0.15, 0.2) is 5.82 Å². The lowest BCUT2D eigenvalue weighted by atomic mass is 10.1. The maximum Gasteiger partial charge on any atom is 0.254 e. The van der Waals surface area contributed by atoms with Crippen molar-refractivity contribution in [2.75, 3.05) is 24.6 Å². The second kappa shape index (κ2) is 7.01. The molecule has 5 rings (SSSR count). The van der Waals surface area contributed by atoms with Crippen LogP contribution in [0.2, 0.25) is 0 Å². The van der Waals surface area contributed by atoms with E-state index < -0.39 is 0 Å². The van der Waals surface area contributed by atoms with Crippen LogP contribution in [0.15, 0.2) is 42.7 Å². The molecule has 28 heavy (non-hydrogen) atoms. The first-order valence-corrected chi connectivity index (χ1v) is 9.35. The second-order valence-corrected chi connectivity index (χ2v) is 6.64. The molecule has 0 bridgehead atoms. The van der Waals surface area contributed by atoms with Crippen LogP contribution >= 0.6 is 0 Å². The highest BCUT2D eigenvalue weighted by molar-refractivity contribution is 5.65. The van der Waals surface area contributed by atoms with Crippen molar-refractivity contribution in [2.24, 2.45) is 0 Å². The number of nitrogens with one attached hydrogen (secondary N) is 1. The van der Waals surface area contributed by atoms with Crippen molar-refractivity contribution >= 4 is 11.6 Å². The SMILES string of the molecule is CCc1nc(C2CN(c3cc(-c4ccccc4)nc4ncnn34)CCO2)n[nH]1. The van der Waals surface area contributed by atoms with Gasteiger partial charge in [-0.25, -0.2) is 9.97 Å². The van der Waals surface area contributed by atoms with Gasteiger partial charge in [0.1, 0.15) is 24.1 Å². The molecular formula is C19H20N8O. The molecule has 1 fully saturated rings. The number of aromatic nitrogens is 7. The molecule has 0 aliphatic carbocycles. The molecule has 0 spiro atoms. The number of anilines is 1. The van der Waals surface area contributed by atoms with Crippen LogP contribution in [0.4, 0.5) is 5.82 Å². The zero-order valence-corrected chi connectivity index (χ0v) is 15.5. The third-order valence-electron chi connectivity index (χ3n) is 4.86. The smallest absolute Gasteiger partial charge is 0.254 e. The molecule has 142 valence electrons. The number of H-pyrrole nitrogens is 1. The Hall–Kier alpha value is -3.33. The minimum Gasteiger partial charge on any atom is -0.366 e. The summed E-state index contributed by atoms with van der Waals surface area (Å²) in [5.41, 5.74) is 1.91. The molecule has 3 aromatic heterocycles. The monoisotopic (exact) mass is 376 g/mol.